The minimum Gasteiger partial charge on any atom is -0.492 e. The molecule has 3 rings (SSSR count). The molecule has 1 N–H and O–H groups in total. The van der Waals surface area contributed by atoms with Crippen molar-refractivity contribution in [3.05, 3.63) is 89.0 Å². The van der Waals surface area contributed by atoms with Crippen molar-refractivity contribution in [2.45, 2.75) is 25.7 Å². The molecule has 6 nitrogen and oxygen atoms in total. The van der Waals surface area contributed by atoms with Gasteiger partial charge in [0.1, 0.15) is 12.4 Å². The summed E-state index contributed by atoms with van der Waals surface area (Å²) < 4.78 is 34.1. The Morgan fingerprint density at radius 3 is 2.31 bits per heavy atom. The van der Waals surface area contributed by atoms with E-state index in [0.717, 1.165) is 16.9 Å². The molecule has 0 heterocycles. The first-order valence-corrected chi connectivity index (χ1v) is 11.8. The van der Waals surface area contributed by atoms with Gasteiger partial charge in [0.05, 0.1) is 17.1 Å². The maximum absolute atomic E-state index is 13.0. The van der Waals surface area contributed by atoms with E-state index >= 15 is 0 Å². The maximum Gasteiger partial charge on any atom is 0.261 e. The molecule has 0 aliphatic rings. The largest absolute Gasteiger partial charge is 0.492 e. The number of carbonyl (C=O) groups excluding carboxylic acids is 1. The average Bonchev–Trinajstić information content (AvgIpc) is 2.76. The minimum atomic E-state index is -3.84. The number of nitrogens with one attached hydrogen (secondary N) is 1. The maximum atomic E-state index is 13.0. The molecule has 0 saturated heterocycles. The third kappa shape index (κ3) is 5.68. The molecule has 7 heteroatoms. The van der Waals surface area contributed by atoms with E-state index in [-0.39, 0.29) is 10.8 Å². The third-order valence-electron chi connectivity index (χ3n) is 5.20. The quantitative estimate of drug-likeness (QED) is 0.543. The molecular formula is C25H28N2O4S. The molecule has 3 aromatic carbocycles. The first-order valence-electron chi connectivity index (χ1n) is 10.3. The van der Waals surface area contributed by atoms with Gasteiger partial charge in [0, 0.05) is 12.6 Å². The second-order valence-electron chi connectivity index (χ2n) is 7.79. The van der Waals surface area contributed by atoms with E-state index in [2.05, 4.69) is 4.72 Å². The van der Waals surface area contributed by atoms with Crippen LogP contribution in [0.25, 0.3) is 0 Å². The van der Waals surface area contributed by atoms with Crippen LogP contribution in [-0.2, 0) is 10.0 Å². The standard InChI is InChI=1S/C25H28N2O4S/c1-18-9-12-21(13-10-18)31-16-15-27(4)25(28)23-17-22(14-11-19(23)2)32(29,30)26-24-8-6-5-7-20(24)3/h5-14,17,26H,15-16H2,1-4H3. The molecule has 0 aliphatic heterocycles. The Morgan fingerprint density at radius 2 is 1.62 bits per heavy atom. The molecular weight excluding hydrogens is 424 g/mol. The number of amides is 1. The second-order valence-corrected chi connectivity index (χ2v) is 9.47. The number of hydrogen-bond donors (Lipinski definition) is 1. The lowest BCUT2D eigenvalue weighted by molar-refractivity contribution is 0.0773. The fourth-order valence-corrected chi connectivity index (χ4v) is 4.29. The van der Waals surface area contributed by atoms with Gasteiger partial charge in [0.15, 0.2) is 0 Å². The van der Waals surface area contributed by atoms with Gasteiger partial charge < -0.3 is 9.64 Å². The molecule has 0 unspecified atom stereocenters. The molecule has 0 spiro atoms. The van der Waals surface area contributed by atoms with Crippen molar-refractivity contribution in [1.29, 1.82) is 0 Å². The normalized spacial score (nSPS) is 11.1. The fourth-order valence-electron chi connectivity index (χ4n) is 3.13. The lowest BCUT2D eigenvalue weighted by Gasteiger charge is -2.19. The summed E-state index contributed by atoms with van der Waals surface area (Å²) in [5.74, 6) is 0.478. The number of hydrogen-bond acceptors (Lipinski definition) is 4. The van der Waals surface area contributed by atoms with Crippen LogP contribution in [0.5, 0.6) is 5.75 Å². The first-order chi connectivity index (χ1) is 15.2. The van der Waals surface area contributed by atoms with E-state index in [1.54, 1.807) is 32.2 Å². The van der Waals surface area contributed by atoms with Crippen LogP contribution in [0.4, 0.5) is 5.69 Å². The van der Waals surface area contributed by atoms with Gasteiger partial charge in [-0.15, -0.1) is 0 Å². The number of benzene rings is 3. The van der Waals surface area contributed by atoms with Gasteiger partial charge in [-0.25, -0.2) is 8.42 Å². The highest BCUT2D eigenvalue weighted by molar-refractivity contribution is 7.92. The highest BCUT2D eigenvalue weighted by Gasteiger charge is 2.20. The zero-order valence-corrected chi connectivity index (χ0v) is 19.6. The summed E-state index contributed by atoms with van der Waals surface area (Å²) in [6.07, 6.45) is 0. The summed E-state index contributed by atoms with van der Waals surface area (Å²) in [4.78, 5) is 14.6. The second kappa shape index (κ2) is 9.87. The van der Waals surface area contributed by atoms with E-state index in [4.69, 9.17) is 4.74 Å². The zero-order chi connectivity index (χ0) is 23.3. The number of carbonyl (C=O) groups is 1. The van der Waals surface area contributed by atoms with E-state index in [9.17, 15) is 13.2 Å². The van der Waals surface area contributed by atoms with Gasteiger partial charge >= 0.3 is 0 Å². The Bertz CT molecular complexity index is 1200. The summed E-state index contributed by atoms with van der Waals surface area (Å²) in [6.45, 7) is 6.32. The lowest BCUT2D eigenvalue weighted by atomic mass is 10.1. The molecule has 0 atom stereocenters. The number of rotatable bonds is 8. The summed E-state index contributed by atoms with van der Waals surface area (Å²) >= 11 is 0. The van der Waals surface area contributed by atoms with Gasteiger partial charge in [-0.3, -0.25) is 9.52 Å². The average molecular weight is 453 g/mol. The Hall–Kier alpha value is -3.32. The summed E-state index contributed by atoms with van der Waals surface area (Å²) in [5, 5.41) is 0. The van der Waals surface area contributed by atoms with Crippen molar-refractivity contribution in [2.75, 3.05) is 24.9 Å². The molecule has 168 valence electrons. The Labute approximate surface area is 189 Å². The monoisotopic (exact) mass is 452 g/mol. The summed E-state index contributed by atoms with van der Waals surface area (Å²) in [5.41, 5.74) is 3.51. The van der Waals surface area contributed by atoms with Crippen molar-refractivity contribution in [2.24, 2.45) is 0 Å². The molecule has 0 aromatic heterocycles. The van der Waals surface area contributed by atoms with Crippen LogP contribution in [0, 0.1) is 20.8 Å². The molecule has 3 aromatic rings. The SMILES string of the molecule is Cc1ccc(OCCN(C)C(=O)c2cc(S(=O)(=O)Nc3ccccc3C)ccc2C)cc1. The van der Waals surface area contributed by atoms with Crippen molar-refractivity contribution in [3.8, 4) is 5.75 Å². The number of para-hydroxylation sites is 1. The van der Waals surface area contributed by atoms with Crippen LogP contribution >= 0.6 is 0 Å². The van der Waals surface area contributed by atoms with E-state index in [0.29, 0.717) is 30.0 Å². The zero-order valence-electron chi connectivity index (χ0n) is 18.8. The van der Waals surface area contributed by atoms with Crippen molar-refractivity contribution in [1.82, 2.24) is 4.90 Å². The van der Waals surface area contributed by atoms with Crippen molar-refractivity contribution >= 4 is 21.6 Å². The van der Waals surface area contributed by atoms with Gasteiger partial charge in [-0.2, -0.15) is 0 Å². The smallest absolute Gasteiger partial charge is 0.261 e. The minimum absolute atomic E-state index is 0.0407. The van der Waals surface area contributed by atoms with Gasteiger partial charge in [-0.1, -0.05) is 42.0 Å². The van der Waals surface area contributed by atoms with E-state index in [1.165, 1.54) is 17.0 Å². The van der Waals surface area contributed by atoms with Gasteiger partial charge in [-0.05, 0) is 62.2 Å². The van der Waals surface area contributed by atoms with Crippen LogP contribution < -0.4 is 9.46 Å². The first kappa shape index (κ1) is 23.3. The number of aryl methyl sites for hydroxylation is 3. The predicted octanol–water partition coefficient (Wildman–Crippen LogP) is 4.56. The summed E-state index contributed by atoms with van der Waals surface area (Å²) in [7, 11) is -2.16. The molecule has 0 aliphatic carbocycles. The fraction of sp³-hybridized carbons (Fsp3) is 0.240. The number of sulfonamides is 1. The molecule has 0 radical (unpaired) electrons. The molecule has 32 heavy (non-hydrogen) atoms. The highest BCUT2D eigenvalue weighted by Crippen LogP contribution is 2.22. The van der Waals surface area contributed by atoms with E-state index < -0.39 is 10.0 Å². The summed E-state index contributed by atoms with van der Waals surface area (Å²) in [6, 6.07) is 19.4. The third-order valence-corrected chi connectivity index (χ3v) is 6.57. The predicted molar refractivity (Wildman–Crippen MR) is 127 cm³/mol. The topological polar surface area (TPSA) is 75.7 Å². The van der Waals surface area contributed by atoms with Crippen LogP contribution in [0.2, 0.25) is 0 Å². The molecule has 0 bridgehead atoms. The van der Waals surface area contributed by atoms with Crippen LogP contribution in [-0.4, -0.2) is 39.4 Å². The Balaban J connectivity index is 1.71. The van der Waals surface area contributed by atoms with Crippen molar-refractivity contribution in [3.63, 3.8) is 0 Å². The number of ether oxygens (including phenoxy) is 1. The lowest BCUT2D eigenvalue weighted by Crippen LogP contribution is -2.31. The number of likely N-dealkylation sites (N-methyl/N-ethyl adjacent to an activating group) is 1. The Kier molecular flexibility index (Phi) is 7.20. The number of anilines is 1. The van der Waals surface area contributed by atoms with Crippen LogP contribution in [0.15, 0.2) is 71.6 Å². The molecule has 1 amide bonds. The van der Waals surface area contributed by atoms with Gasteiger partial charge in [0.2, 0.25) is 0 Å². The van der Waals surface area contributed by atoms with Crippen molar-refractivity contribution < 1.29 is 17.9 Å². The highest BCUT2D eigenvalue weighted by atomic mass is 32.2. The number of nitrogens with zero attached hydrogens (tertiary/aromatic N) is 1. The molecule has 0 saturated carbocycles. The van der Waals surface area contributed by atoms with Gasteiger partial charge in [0.25, 0.3) is 15.9 Å². The van der Waals surface area contributed by atoms with Crippen LogP contribution in [0.3, 0.4) is 0 Å². The van der Waals surface area contributed by atoms with E-state index in [1.807, 2.05) is 50.2 Å². The van der Waals surface area contributed by atoms with Crippen LogP contribution in [0.1, 0.15) is 27.0 Å². The molecule has 0 fully saturated rings. The Morgan fingerprint density at radius 1 is 0.938 bits per heavy atom.